The highest BCUT2D eigenvalue weighted by molar-refractivity contribution is 6.07. The second-order valence-corrected chi connectivity index (χ2v) is 7.42. The lowest BCUT2D eigenvalue weighted by Crippen LogP contribution is -2.08. The van der Waals surface area contributed by atoms with E-state index in [4.69, 9.17) is 20.1 Å². The van der Waals surface area contributed by atoms with Crippen molar-refractivity contribution >= 4 is 46.2 Å². The lowest BCUT2D eigenvalue weighted by molar-refractivity contribution is -0.395. The van der Waals surface area contributed by atoms with Gasteiger partial charge in [-0.2, -0.15) is 9.59 Å². The monoisotopic (exact) mass is 529 g/mol. The van der Waals surface area contributed by atoms with Crippen molar-refractivity contribution in [2.45, 2.75) is 27.7 Å². The fourth-order valence-corrected chi connectivity index (χ4v) is 3.31. The first kappa shape index (κ1) is 33.0. The third-order valence-electron chi connectivity index (χ3n) is 4.81. The maximum atomic E-state index is 11.7. The third kappa shape index (κ3) is 8.57. The zero-order valence-corrected chi connectivity index (χ0v) is 20.7. The number of nitro groups is 2. The van der Waals surface area contributed by atoms with Gasteiger partial charge in [-0.25, -0.2) is 4.79 Å². The highest BCUT2D eigenvalue weighted by Crippen LogP contribution is 2.33. The van der Waals surface area contributed by atoms with Crippen LogP contribution >= 0.6 is 0 Å². The minimum absolute atomic E-state index is 0. The molecule has 0 bridgehead atoms. The van der Waals surface area contributed by atoms with Crippen LogP contribution in [0.4, 0.5) is 17.1 Å². The van der Waals surface area contributed by atoms with E-state index < -0.39 is 9.85 Å². The molecule has 0 radical (unpaired) electrons. The molecule has 0 aliphatic carbocycles. The van der Waals surface area contributed by atoms with Gasteiger partial charge in [0.2, 0.25) is 0 Å². The number of carbonyl (C=O) groups excluding carboxylic acids is 3. The van der Waals surface area contributed by atoms with Crippen LogP contribution in [0.25, 0.3) is 17.0 Å². The highest BCUT2D eigenvalue weighted by Gasteiger charge is 2.26. The van der Waals surface area contributed by atoms with Gasteiger partial charge < -0.3 is 20.4 Å². The lowest BCUT2D eigenvalue weighted by atomic mass is 10.0. The summed E-state index contributed by atoms with van der Waals surface area (Å²) in [6.45, 7) is 3.77. The van der Waals surface area contributed by atoms with Crippen LogP contribution in [-0.4, -0.2) is 52.6 Å². The van der Waals surface area contributed by atoms with Crippen molar-refractivity contribution in [3.8, 4) is 0 Å². The van der Waals surface area contributed by atoms with E-state index in [0.717, 1.165) is 10.9 Å². The molecule has 0 aliphatic heterocycles. The summed E-state index contributed by atoms with van der Waals surface area (Å²) in [6, 6.07) is 8.17. The summed E-state index contributed by atoms with van der Waals surface area (Å²) in [4.78, 5) is 53.5. The Kier molecular flexibility index (Phi) is 13.8. The highest BCUT2D eigenvalue weighted by atomic mass is 16.6. The number of H-pyrrole nitrogens is 1. The minimum Gasteiger partial charge on any atom is -0.462 e. The van der Waals surface area contributed by atoms with Crippen molar-refractivity contribution in [2.75, 3.05) is 26.4 Å². The quantitative estimate of drug-likeness (QED) is 0.189. The third-order valence-corrected chi connectivity index (χ3v) is 4.81. The molecule has 204 valence electrons. The second-order valence-electron chi connectivity index (χ2n) is 7.42. The Morgan fingerprint density at radius 3 is 2.24 bits per heavy atom. The number of ether oxygens (including phenoxy) is 1. The number of aromatic nitrogens is 1. The standard InChI is InChI=1S/C12H15N3O4.C11H12N2O2.CO2.CH4/c1-4-10-11(14(16)17)6-5-9(7-8-13(2)3)12(10)15(18)19;1-2-15-11(14)9-8(12)4-3-7-5-6-13-10(7)9;2-1-3;/h5-8H,4H2,1-3H3;3-6,13H,2,12H2,1H3;;1H4/b8-7+;;;. The van der Waals surface area contributed by atoms with Gasteiger partial charge >= 0.3 is 12.1 Å². The fourth-order valence-electron chi connectivity index (χ4n) is 3.31. The Balaban J connectivity index is 0.000000649. The molecule has 0 spiro atoms. The Bertz CT molecular complexity index is 1320. The fraction of sp³-hybridized carbons (Fsp3) is 0.280. The van der Waals surface area contributed by atoms with Crippen molar-refractivity contribution in [3.05, 3.63) is 79.6 Å². The Hall–Kier alpha value is -5.03. The number of carbonyl (C=O) groups is 1. The number of nitrogen functional groups attached to an aromatic ring is 1. The topological polar surface area (TPSA) is 192 Å². The number of fused-ring (bicyclic) bond motifs is 1. The number of nitro benzene ring substituents is 2. The molecule has 38 heavy (non-hydrogen) atoms. The molecule has 1 aromatic heterocycles. The number of nitrogens with one attached hydrogen (secondary N) is 1. The molecular formula is C25H31N5O8. The number of hydrogen-bond donors (Lipinski definition) is 2. The van der Waals surface area contributed by atoms with E-state index in [2.05, 4.69) is 4.98 Å². The van der Waals surface area contributed by atoms with Crippen molar-refractivity contribution < 1.29 is 29.0 Å². The predicted molar refractivity (Wildman–Crippen MR) is 142 cm³/mol. The van der Waals surface area contributed by atoms with Crippen LogP contribution < -0.4 is 5.73 Å². The zero-order valence-electron chi connectivity index (χ0n) is 20.7. The summed E-state index contributed by atoms with van der Waals surface area (Å²) >= 11 is 0. The van der Waals surface area contributed by atoms with Gasteiger partial charge in [-0.1, -0.05) is 20.4 Å². The van der Waals surface area contributed by atoms with E-state index in [1.807, 2.05) is 12.1 Å². The van der Waals surface area contributed by atoms with Gasteiger partial charge in [0.25, 0.3) is 11.4 Å². The molecular weight excluding hydrogens is 498 g/mol. The van der Waals surface area contributed by atoms with Gasteiger partial charge in [0.05, 0.1) is 27.5 Å². The second kappa shape index (κ2) is 15.9. The first-order chi connectivity index (χ1) is 17.5. The molecule has 13 heteroatoms. The maximum absolute atomic E-state index is 11.7. The van der Waals surface area contributed by atoms with Gasteiger partial charge in [-0.3, -0.25) is 20.2 Å². The van der Waals surface area contributed by atoms with Gasteiger partial charge in [-0.15, -0.1) is 0 Å². The van der Waals surface area contributed by atoms with Gasteiger partial charge in [0.1, 0.15) is 11.1 Å². The predicted octanol–water partition coefficient (Wildman–Crippen LogP) is 4.58. The number of anilines is 1. The van der Waals surface area contributed by atoms with Crippen molar-refractivity contribution in [2.24, 2.45) is 0 Å². The van der Waals surface area contributed by atoms with E-state index in [-0.39, 0.29) is 42.9 Å². The first-order valence-corrected chi connectivity index (χ1v) is 10.8. The van der Waals surface area contributed by atoms with Gasteiger partial charge in [0, 0.05) is 37.4 Å². The summed E-state index contributed by atoms with van der Waals surface area (Å²) < 4.78 is 4.95. The van der Waals surface area contributed by atoms with Crippen molar-refractivity contribution in [1.82, 2.24) is 9.88 Å². The molecule has 3 aromatic rings. The molecule has 0 saturated carbocycles. The minimum atomic E-state index is -0.592. The van der Waals surface area contributed by atoms with E-state index in [0.29, 0.717) is 23.4 Å². The number of nitrogens with zero attached hydrogens (tertiary/aromatic N) is 3. The Morgan fingerprint density at radius 2 is 1.74 bits per heavy atom. The maximum Gasteiger partial charge on any atom is 0.373 e. The van der Waals surface area contributed by atoms with Gasteiger partial charge in [0.15, 0.2) is 0 Å². The summed E-state index contributed by atoms with van der Waals surface area (Å²) in [5, 5.41) is 23.0. The molecule has 1 heterocycles. The lowest BCUT2D eigenvalue weighted by Gasteiger charge is -2.06. The number of rotatable bonds is 7. The summed E-state index contributed by atoms with van der Waals surface area (Å²) in [7, 11) is 3.57. The zero-order chi connectivity index (χ0) is 28.1. The van der Waals surface area contributed by atoms with Crippen LogP contribution in [0.15, 0.2) is 42.7 Å². The number of nitrogens with two attached hydrogens (primary N) is 1. The van der Waals surface area contributed by atoms with Crippen LogP contribution in [0.2, 0.25) is 0 Å². The largest absolute Gasteiger partial charge is 0.462 e. The van der Waals surface area contributed by atoms with Crippen LogP contribution in [-0.2, 0) is 20.7 Å². The van der Waals surface area contributed by atoms with E-state index >= 15 is 0 Å². The number of hydrogen-bond acceptors (Lipinski definition) is 10. The average molecular weight is 530 g/mol. The SMILES string of the molecule is C.CCOC(=O)c1c(N)ccc2cc[nH]c12.CCc1c([N+](=O)[O-])ccc(/C=C/N(C)C)c1[N+](=O)[O-].O=C=O. The normalized spacial score (nSPS) is 9.68. The summed E-state index contributed by atoms with van der Waals surface area (Å²) in [5.41, 5.74) is 7.44. The first-order valence-electron chi connectivity index (χ1n) is 10.8. The van der Waals surface area contributed by atoms with Crippen molar-refractivity contribution in [3.63, 3.8) is 0 Å². The Labute approximate surface area is 219 Å². The molecule has 0 amide bonds. The molecule has 2 aromatic carbocycles. The smallest absolute Gasteiger partial charge is 0.373 e. The number of aromatic amines is 1. The number of esters is 1. The Morgan fingerprint density at radius 1 is 1.11 bits per heavy atom. The van der Waals surface area contributed by atoms with E-state index in [9.17, 15) is 25.0 Å². The van der Waals surface area contributed by atoms with Crippen LogP contribution in [0.3, 0.4) is 0 Å². The summed E-state index contributed by atoms with van der Waals surface area (Å²) in [5.74, 6) is -0.386. The molecule has 0 atom stereocenters. The van der Waals surface area contributed by atoms with Crippen LogP contribution in [0.1, 0.15) is 42.8 Å². The van der Waals surface area contributed by atoms with E-state index in [1.54, 1.807) is 57.4 Å². The molecule has 13 nitrogen and oxygen atoms in total. The molecule has 3 N–H and O–H groups in total. The number of benzene rings is 2. The van der Waals surface area contributed by atoms with Crippen LogP contribution in [0.5, 0.6) is 0 Å². The molecule has 0 unspecified atom stereocenters. The molecule has 0 saturated heterocycles. The van der Waals surface area contributed by atoms with Gasteiger partial charge in [-0.05, 0) is 43.8 Å². The molecule has 0 aliphatic rings. The van der Waals surface area contributed by atoms with Crippen LogP contribution in [0, 0.1) is 20.2 Å². The van der Waals surface area contributed by atoms with E-state index in [1.165, 1.54) is 12.1 Å². The van der Waals surface area contributed by atoms with Crippen molar-refractivity contribution in [1.29, 1.82) is 0 Å². The molecule has 3 rings (SSSR count). The molecule has 0 fully saturated rings. The average Bonchev–Trinajstić information content (AvgIpc) is 3.31. The summed E-state index contributed by atoms with van der Waals surface area (Å²) in [6.07, 6.45) is 5.48.